The van der Waals surface area contributed by atoms with E-state index in [1.807, 2.05) is 72.8 Å². The number of ether oxygens (including phenoxy) is 2. The minimum Gasteiger partial charge on any atom is -0.397 e. The van der Waals surface area contributed by atoms with Crippen LogP contribution in [0.5, 0.6) is 0 Å². The van der Waals surface area contributed by atoms with E-state index in [9.17, 15) is 14.7 Å². The number of nitrogen functional groups attached to an aromatic ring is 1. The van der Waals surface area contributed by atoms with Crippen molar-refractivity contribution in [3.05, 3.63) is 120 Å². The van der Waals surface area contributed by atoms with Crippen molar-refractivity contribution >= 4 is 40.6 Å². The van der Waals surface area contributed by atoms with E-state index in [-0.39, 0.29) is 43.5 Å². The lowest BCUT2D eigenvalue weighted by atomic mass is 10.0. The molecule has 2 heterocycles. The van der Waals surface area contributed by atoms with E-state index >= 15 is 0 Å². The fourth-order valence-corrected chi connectivity index (χ4v) is 6.32. The molecule has 12 nitrogen and oxygen atoms in total. The number of hydrogen-bond donors (Lipinski definition) is 4. The number of anilines is 3. The standard InChI is InChI=1S/C36H37N7O5S/c37-30-12-4-5-13-31(30)39-34(46)15-7-14-33(45)38-27-9-6-8-26(20-27)35-47-29(21-32(48-35)25-18-16-24(22-44)17-19-25)23-49-36-40-41-42-43(36)28-10-2-1-3-11-28/h1-6,8-13,16-20,29,32,35,44H,7,14-15,21-23,37H2,(H,38,45)(H,39,46)/t29-,32+,35+/m0/s1. The number of aromatic nitrogens is 4. The van der Waals surface area contributed by atoms with Gasteiger partial charge in [-0.25, -0.2) is 0 Å². The Labute approximate surface area is 288 Å². The van der Waals surface area contributed by atoms with Gasteiger partial charge < -0.3 is 30.9 Å². The molecule has 13 heteroatoms. The quantitative estimate of drug-likeness (QED) is 0.0880. The van der Waals surface area contributed by atoms with E-state index in [1.54, 1.807) is 35.0 Å². The fourth-order valence-electron chi connectivity index (χ4n) is 5.41. The van der Waals surface area contributed by atoms with Crippen LogP contribution in [0.3, 0.4) is 0 Å². The Morgan fingerprint density at radius 3 is 2.41 bits per heavy atom. The largest absolute Gasteiger partial charge is 0.397 e. The maximum absolute atomic E-state index is 12.8. The number of para-hydroxylation sites is 3. The number of nitrogens with one attached hydrogen (secondary N) is 2. The van der Waals surface area contributed by atoms with Gasteiger partial charge in [0.1, 0.15) is 0 Å². The first-order chi connectivity index (χ1) is 23.9. The maximum atomic E-state index is 12.8. The Hall–Kier alpha value is -5.08. The zero-order valence-electron chi connectivity index (χ0n) is 26.6. The number of aliphatic hydroxyl groups is 1. The Morgan fingerprint density at radius 1 is 0.878 bits per heavy atom. The number of tetrazole rings is 1. The van der Waals surface area contributed by atoms with Gasteiger partial charge in [-0.05, 0) is 64.4 Å². The molecule has 5 N–H and O–H groups in total. The number of benzene rings is 4. The molecule has 0 radical (unpaired) electrons. The minimum atomic E-state index is -0.710. The molecule has 0 aliphatic carbocycles. The zero-order chi connectivity index (χ0) is 34.0. The molecule has 49 heavy (non-hydrogen) atoms. The summed E-state index contributed by atoms with van der Waals surface area (Å²) in [5.74, 6) is 0.158. The molecule has 1 aromatic heterocycles. The molecule has 0 spiro atoms. The first-order valence-electron chi connectivity index (χ1n) is 16.0. The van der Waals surface area contributed by atoms with Crippen LogP contribution < -0.4 is 16.4 Å². The van der Waals surface area contributed by atoms with Crippen LogP contribution in [0.25, 0.3) is 5.69 Å². The van der Waals surface area contributed by atoms with Gasteiger partial charge >= 0.3 is 0 Å². The second-order valence-corrected chi connectivity index (χ2v) is 12.5. The molecule has 5 aromatic rings. The second kappa shape index (κ2) is 16.3. The van der Waals surface area contributed by atoms with Crippen molar-refractivity contribution in [2.24, 2.45) is 0 Å². The van der Waals surface area contributed by atoms with Gasteiger partial charge in [-0.2, -0.15) is 4.68 Å². The molecule has 0 unspecified atom stereocenters. The molecule has 252 valence electrons. The lowest BCUT2D eigenvalue weighted by molar-refractivity contribution is -0.245. The van der Waals surface area contributed by atoms with Gasteiger partial charge in [0, 0.05) is 36.3 Å². The normalized spacial score (nSPS) is 17.4. The molecule has 1 fully saturated rings. The summed E-state index contributed by atoms with van der Waals surface area (Å²) in [6.45, 7) is -0.0402. The number of carbonyl (C=O) groups excluding carboxylic acids is 2. The summed E-state index contributed by atoms with van der Waals surface area (Å²) in [7, 11) is 0. The van der Waals surface area contributed by atoms with Gasteiger partial charge in [0.15, 0.2) is 6.29 Å². The third-order valence-electron chi connectivity index (χ3n) is 7.94. The molecule has 1 aliphatic rings. The SMILES string of the molecule is Nc1ccccc1NC(=O)CCCC(=O)Nc1cccc([C@@H]2O[C@H](CSc3nnnn3-c3ccccc3)C[C@H](c3ccc(CO)cc3)O2)c1. The third kappa shape index (κ3) is 9.09. The van der Waals surface area contributed by atoms with Gasteiger partial charge in [-0.1, -0.05) is 78.5 Å². The van der Waals surface area contributed by atoms with Gasteiger partial charge in [-0.15, -0.1) is 5.10 Å². The highest BCUT2D eigenvalue weighted by molar-refractivity contribution is 7.99. The molecule has 0 saturated carbocycles. The van der Waals surface area contributed by atoms with Crippen molar-refractivity contribution in [3.8, 4) is 5.69 Å². The highest BCUT2D eigenvalue weighted by atomic mass is 32.2. The van der Waals surface area contributed by atoms with Crippen LogP contribution in [0.1, 0.15) is 54.8 Å². The van der Waals surface area contributed by atoms with Crippen molar-refractivity contribution in [2.75, 3.05) is 22.1 Å². The second-order valence-electron chi connectivity index (χ2n) is 11.5. The molecule has 1 saturated heterocycles. The summed E-state index contributed by atoms with van der Waals surface area (Å²) in [6, 6.07) is 31.8. The van der Waals surface area contributed by atoms with Gasteiger partial charge in [0.2, 0.25) is 17.0 Å². The number of amides is 2. The number of rotatable bonds is 13. The topological polar surface area (TPSA) is 167 Å². The Bertz CT molecular complexity index is 1850. The van der Waals surface area contributed by atoms with Gasteiger partial charge in [0.25, 0.3) is 0 Å². The highest BCUT2D eigenvalue weighted by Crippen LogP contribution is 2.40. The average Bonchev–Trinajstić information content (AvgIpc) is 3.61. The summed E-state index contributed by atoms with van der Waals surface area (Å²) in [5.41, 5.74) is 10.9. The van der Waals surface area contributed by atoms with E-state index in [2.05, 4.69) is 26.2 Å². The van der Waals surface area contributed by atoms with Gasteiger partial charge in [0.05, 0.1) is 35.9 Å². The van der Waals surface area contributed by atoms with E-state index in [4.69, 9.17) is 15.2 Å². The number of aliphatic hydroxyl groups excluding tert-OH is 1. The summed E-state index contributed by atoms with van der Waals surface area (Å²) in [5, 5.41) is 28.2. The molecule has 3 atom stereocenters. The molecular weight excluding hydrogens is 643 g/mol. The van der Waals surface area contributed by atoms with Crippen LogP contribution in [0, 0.1) is 0 Å². The van der Waals surface area contributed by atoms with Crippen LogP contribution in [0.15, 0.2) is 108 Å². The number of carbonyl (C=O) groups is 2. The van der Waals surface area contributed by atoms with Crippen LogP contribution in [0.2, 0.25) is 0 Å². The number of thioether (sulfide) groups is 1. The van der Waals surface area contributed by atoms with Crippen molar-refractivity contribution in [1.29, 1.82) is 0 Å². The van der Waals surface area contributed by atoms with Gasteiger partial charge in [-0.3, -0.25) is 9.59 Å². The smallest absolute Gasteiger partial charge is 0.224 e. The average molecular weight is 680 g/mol. The molecule has 2 amide bonds. The fraction of sp³-hybridized carbons (Fsp3) is 0.250. The van der Waals surface area contributed by atoms with E-state index < -0.39 is 6.29 Å². The first kappa shape index (κ1) is 33.8. The summed E-state index contributed by atoms with van der Waals surface area (Å²) < 4.78 is 14.7. The molecular formula is C36H37N7O5S. The highest BCUT2D eigenvalue weighted by Gasteiger charge is 2.33. The lowest BCUT2D eigenvalue weighted by Crippen LogP contribution is -2.31. The molecule has 6 rings (SSSR count). The Kier molecular flexibility index (Phi) is 11.3. The summed E-state index contributed by atoms with van der Waals surface area (Å²) in [6.07, 6.45) is 0.117. The summed E-state index contributed by atoms with van der Waals surface area (Å²) >= 11 is 1.50. The van der Waals surface area contributed by atoms with Crippen molar-refractivity contribution < 1.29 is 24.2 Å². The zero-order valence-corrected chi connectivity index (χ0v) is 27.5. The third-order valence-corrected chi connectivity index (χ3v) is 8.99. The predicted octanol–water partition coefficient (Wildman–Crippen LogP) is 5.82. The van der Waals surface area contributed by atoms with Crippen molar-refractivity contribution in [1.82, 2.24) is 20.2 Å². The monoisotopic (exact) mass is 679 g/mol. The molecule has 4 aromatic carbocycles. The maximum Gasteiger partial charge on any atom is 0.224 e. The minimum absolute atomic E-state index is 0.0402. The van der Waals surface area contributed by atoms with Crippen molar-refractivity contribution in [3.63, 3.8) is 0 Å². The molecule has 0 bridgehead atoms. The lowest BCUT2D eigenvalue weighted by Gasteiger charge is -2.36. The van der Waals surface area contributed by atoms with E-state index in [0.717, 1.165) is 22.4 Å². The van der Waals surface area contributed by atoms with Crippen LogP contribution >= 0.6 is 11.8 Å². The van der Waals surface area contributed by atoms with Crippen molar-refractivity contribution in [2.45, 2.75) is 55.9 Å². The van der Waals surface area contributed by atoms with Crippen LogP contribution in [0.4, 0.5) is 17.1 Å². The van der Waals surface area contributed by atoms with Crippen LogP contribution in [-0.4, -0.2) is 49.0 Å². The first-order valence-corrected chi connectivity index (χ1v) is 16.9. The number of nitrogens with zero attached hydrogens (tertiary/aromatic N) is 4. The molecule has 1 aliphatic heterocycles. The Morgan fingerprint density at radius 2 is 1.63 bits per heavy atom. The van der Waals surface area contributed by atoms with E-state index in [0.29, 0.717) is 40.8 Å². The number of nitrogens with two attached hydrogens (primary N) is 1. The van der Waals surface area contributed by atoms with E-state index in [1.165, 1.54) is 11.8 Å². The summed E-state index contributed by atoms with van der Waals surface area (Å²) in [4.78, 5) is 25.2. The van der Waals surface area contributed by atoms with Crippen LogP contribution in [-0.2, 0) is 25.7 Å². The predicted molar refractivity (Wildman–Crippen MR) is 187 cm³/mol. The Balaban J connectivity index is 1.10. The number of hydrogen-bond acceptors (Lipinski definition) is 10.